The van der Waals surface area contributed by atoms with E-state index in [2.05, 4.69) is 13.8 Å². The summed E-state index contributed by atoms with van der Waals surface area (Å²) in [5.41, 5.74) is 1.12. The summed E-state index contributed by atoms with van der Waals surface area (Å²) in [6.45, 7) is 4.43. The first-order valence-corrected chi connectivity index (χ1v) is 5.02. The molecule has 74 valence electrons. The predicted octanol–water partition coefficient (Wildman–Crippen LogP) is 2.84. The molecule has 1 saturated carbocycles. The van der Waals surface area contributed by atoms with Gasteiger partial charge < -0.3 is 5.11 Å². The molecule has 1 atom stereocenters. The zero-order valence-electron chi connectivity index (χ0n) is 8.42. The van der Waals surface area contributed by atoms with Gasteiger partial charge in [-0.05, 0) is 37.5 Å². The number of hydrogen-bond donors (Lipinski definition) is 1. The largest absolute Gasteiger partial charge is 0.478 e. The van der Waals surface area contributed by atoms with Gasteiger partial charge in [-0.1, -0.05) is 19.4 Å². The predicted molar refractivity (Wildman–Crippen MR) is 52.5 cm³/mol. The van der Waals surface area contributed by atoms with Crippen LogP contribution >= 0.6 is 0 Å². The highest BCUT2D eigenvalue weighted by Crippen LogP contribution is 2.32. The number of aliphatic carboxylic acids is 1. The Kier molecular flexibility index (Phi) is 3.52. The molecule has 0 bridgehead atoms. The second-order valence-corrected chi connectivity index (χ2v) is 4.24. The molecule has 0 aromatic carbocycles. The van der Waals surface area contributed by atoms with Crippen LogP contribution in [0.5, 0.6) is 0 Å². The molecule has 1 unspecified atom stereocenters. The molecular weight excluding hydrogens is 164 g/mol. The van der Waals surface area contributed by atoms with Crippen LogP contribution < -0.4 is 0 Å². The van der Waals surface area contributed by atoms with Gasteiger partial charge >= 0.3 is 5.97 Å². The van der Waals surface area contributed by atoms with E-state index in [0.717, 1.165) is 24.8 Å². The van der Waals surface area contributed by atoms with Crippen molar-refractivity contribution in [3.63, 3.8) is 0 Å². The molecule has 1 N–H and O–H groups in total. The van der Waals surface area contributed by atoms with E-state index in [0.29, 0.717) is 11.8 Å². The number of rotatable bonds is 2. The van der Waals surface area contributed by atoms with E-state index in [-0.39, 0.29) is 0 Å². The Balaban J connectivity index is 2.56. The molecule has 2 heteroatoms. The van der Waals surface area contributed by atoms with Crippen LogP contribution in [-0.4, -0.2) is 11.1 Å². The zero-order valence-corrected chi connectivity index (χ0v) is 8.42. The fraction of sp³-hybridized carbons (Fsp3) is 0.727. The lowest BCUT2D eigenvalue weighted by molar-refractivity contribution is -0.131. The number of carbonyl (C=O) groups is 1. The minimum absolute atomic E-state index is 0.678. The van der Waals surface area contributed by atoms with Gasteiger partial charge in [0.15, 0.2) is 0 Å². The summed E-state index contributed by atoms with van der Waals surface area (Å²) in [7, 11) is 0. The lowest BCUT2D eigenvalue weighted by Gasteiger charge is -2.26. The molecular formula is C11H18O2. The third-order valence-corrected chi connectivity index (χ3v) is 2.87. The first-order chi connectivity index (χ1) is 6.09. The molecule has 1 fully saturated rings. The van der Waals surface area contributed by atoms with Crippen molar-refractivity contribution in [1.29, 1.82) is 0 Å². The van der Waals surface area contributed by atoms with Crippen molar-refractivity contribution < 1.29 is 9.90 Å². The Morgan fingerprint density at radius 2 is 2.31 bits per heavy atom. The standard InChI is InChI=1S/C11H18O2/c1-8(2)10-5-3-4-9(6-10)7-11(12)13/h7-8,10H,3-6H2,1-2H3,(H,12,13). The molecule has 0 spiro atoms. The fourth-order valence-electron chi connectivity index (χ4n) is 2.01. The van der Waals surface area contributed by atoms with Gasteiger partial charge in [-0.15, -0.1) is 0 Å². The van der Waals surface area contributed by atoms with Gasteiger partial charge in [0.1, 0.15) is 0 Å². The third-order valence-electron chi connectivity index (χ3n) is 2.87. The highest BCUT2D eigenvalue weighted by Gasteiger charge is 2.20. The Labute approximate surface area is 79.6 Å². The molecule has 1 rings (SSSR count). The number of carboxylic acid groups (broad SMARTS) is 1. The second-order valence-electron chi connectivity index (χ2n) is 4.24. The molecule has 0 aromatic rings. The average molecular weight is 182 g/mol. The number of allylic oxidation sites excluding steroid dienone is 1. The maximum Gasteiger partial charge on any atom is 0.328 e. The van der Waals surface area contributed by atoms with E-state index in [1.807, 2.05) is 0 Å². The topological polar surface area (TPSA) is 37.3 Å². The summed E-state index contributed by atoms with van der Waals surface area (Å²) in [4.78, 5) is 10.5. The van der Waals surface area contributed by atoms with E-state index in [1.165, 1.54) is 12.5 Å². The van der Waals surface area contributed by atoms with Crippen LogP contribution in [0.1, 0.15) is 39.5 Å². The van der Waals surface area contributed by atoms with Crippen LogP contribution in [0, 0.1) is 11.8 Å². The van der Waals surface area contributed by atoms with Crippen LogP contribution in [-0.2, 0) is 4.79 Å². The van der Waals surface area contributed by atoms with E-state index >= 15 is 0 Å². The number of hydrogen-bond acceptors (Lipinski definition) is 1. The van der Waals surface area contributed by atoms with Crippen LogP contribution in [0.3, 0.4) is 0 Å². The lowest BCUT2D eigenvalue weighted by Crippen LogP contribution is -2.14. The summed E-state index contributed by atoms with van der Waals surface area (Å²) in [6.07, 6.45) is 5.78. The Hall–Kier alpha value is -0.790. The molecule has 0 aliphatic heterocycles. The molecule has 2 nitrogen and oxygen atoms in total. The van der Waals surface area contributed by atoms with Crippen molar-refractivity contribution in [3.8, 4) is 0 Å². The first-order valence-electron chi connectivity index (χ1n) is 5.02. The van der Waals surface area contributed by atoms with Gasteiger partial charge in [-0.3, -0.25) is 0 Å². The molecule has 1 aliphatic carbocycles. The maximum atomic E-state index is 10.5. The van der Waals surface area contributed by atoms with E-state index in [9.17, 15) is 4.79 Å². The lowest BCUT2D eigenvalue weighted by atomic mass is 9.79. The highest BCUT2D eigenvalue weighted by molar-refractivity contribution is 5.80. The minimum atomic E-state index is -0.792. The van der Waals surface area contributed by atoms with Gasteiger partial charge in [0, 0.05) is 6.08 Å². The van der Waals surface area contributed by atoms with Crippen LogP contribution in [0.4, 0.5) is 0 Å². The first kappa shape index (κ1) is 10.3. The van der Waals surface area contributed by atoms with Crippen LogP contribution in [0.15, 0.2) is 11.6 Å². The third kappa shape index (κ3) is 3.21. The maximum absolute atomic E-state index is 10.5. The average Bonchev–Trinajstić information content (AvgIpc) is 2.03. The van der Waals surface area contributed by atoms with Crippen molar-refractivity contribution in [2.75, 3.05) is 0 Å². The van der Waals surface area contributed by atoms with Gasteiger partial charge in [-0.25, -0.2) is 4.79 Å². The molecule has 13 heavy (non-hydrogen) atoms. The normalized spacial score (nSPS) is 26.7. The van der Waals surface area contributed by atoms with Crippen molar-refractivity contribution in [1.82, 2.24) is 0 Å². The van der Waals surface area contributed by atoms with E-state index in [1.54, 1.807) is 0 Å². The molecule has 0 amide bonds. The van der Waals surface area contributed by atoms with Crippen LogP contribution in [0.2, 0.25) is 0 Å². The molecule has 0 aromatic heterocycles. The smallest absolute Gasteiger partial charge is 0.328 e. The quantitative estimate of drug-likeness (QED) is 0.667. The molecule has 1 aliphatic rings. The summed E-state index contributed by atoms with van der Waals surface area (Å²) >= 11 is 0. The van der Waals surface area contributed by atoms with Crippen molar-refractivity contribution >= 4 is 5.97 Å². The minimum Gasteiger partial charge on any atom is -0.478 e. The van der Waals surface area contributed by atoms with E-state index in [4.69, 9.17) is 5.11 Å². The van der Waals surface area contributed by atoms with Gasteiger partial charge in [0.05, 0.1) is 0 Å². The van der Waals surface area contributed by atoms with Crippen molar-refractivity contribution in [3.05, 3.63) is 11.6 Å². The fourth-order valence-corrected chi connectivity index (χ4v) is 2.01. The monoisotopic (exact) mass is 182 g/mol. The van der Waals surface area contributed by atoms with Crippen LogP contribution in [0.25, 0.3) is 0 Å². The Morgan fingerprint density at radius 3 is 2.85 bits per heavy atom. The molecule has 0 radical (unpaired) electrons. The van der Waals surface area contributed by atoms with Gasteiger partial charge in [0.2, 0.25) is 0 Å². The van der Waals surface area contributed by atoms with Crippen molar-refractivity contribution in [2.24, 2.45) is 11.8 Å². The van der Waals surface area contributed by atoms with Crippen molar-refractivity contribution in [2.45, 2.75) is 39.5 Å². The number of carboxylic acids is 1. The van der Waals surface area contributed by atoms with E-state index < -0.39 is 5.97 Å². The van der Waals surface area contributed by atoms with Gasteiger partial charge in [-0.2, -0.15) is 0 Å². The SMILES string of the molecule is CC(C)C1CCCC(=CC(=O)O)C1. The van der Waals surface area contributed by atoms with Gasteiger partial charge in [0.25, 0.3) is 0 Å². The summed E-state index contributed by atoms with van der Waals surface area (Å²) in [5, 5.41) is 8.61. The zero-order chi connectivity index (χ0) is 9.84. The Morgan fingerprint density at radius 1 is 1.62 bits per heavy atom. The summed E-state index contributed by atoms with van der Waals surface area (Å²) in [5.74, 6) is 0.580. The highest BCUT2D eigenvalue weighted by atomic mass is 16.4. The second kappa shape index (κ2) is 4.45. The summed E-state index contributed by atoms with van der Waals surface area (Å²) < 4.78 is 0. The summed E-state index contributed by atoms with van der Waals surface area (Å²) in [6, 6.07) is 0. The Bertz CT molecular complexity index is 216. The molecule has 0 heterocycles. The molecule has 0 saturated heterocycles.